The van der Waals surface area contributed by atoms with Crippen LogP contribution in [-0.2, 0) is 10.8 Å². The maximum atomic E-state index is 2.57. The summed E-state index contributed by atoms with van der Waals surface area (Å²) in [7, 11) is 0. The molecule has 12 rings (SSSR count). The maximum absolute atomic E-state index is 2.57. The van der Waals surface area contributed by atoms with Crippen LogP contribution in [-0.4, -0.2) is 0 Å². The van der Waals surface area contributed by atoms with Crippen LogP contribution in [0.3, 0.4) is 0 Å². The normalized spacial score (nSPS) is 14.4. The Hall–Kier alpha value is -6.96. The van der Waals surface area contributed by atoms with Crippen molar-refractivity contribution in [2.24, 2.45) is 0 Å². The fourth-order valence-electron chi connectivity index (χ4n) is 11.1. The van der Waals surface area contributed by atoms with Crippen molar-refractivity contribution in [3.63, 3.8) is 0 Å². The summed E-state index contributed by atoms with van der Waals surface area (Å²) in [5.41, 5.74) is 16.3. The molecule has 0 bridgehead atoms. The molecule has 1 nitrogen and oxygen atoms in total. The lowest BCUT2D eigenvalue weighted by Gasteiger charge is -2.40. The standard InChI is InChI=1S/C58H43N/c1-57(2)50-25-13-12-23-46(50)47-33-30-39(35-52(47)57)59(38-29-32-45-43-21-9-8-19-41(43)42-20-10-11-22-44(42)49(45)34-38)53-27-15-24-48-55-40(36-16-6-5-7-17-36)31-28-37-18-14-26-51(54(37)55)58(3,4)56(48)53/h5-35H,1-4H3. The van der Waals surface area contributed by atoms with Gasteiger partial charge in [0.15, 0.2) is 0 Å². The van der Waals surface area contributed by atoms with Gasteiger partial charge in [-0.2, -0.15) is 0 Å². The molecule has 2 aliphatic carbocycles. The van der Waals surface area contributed by atoms with E-state index in [0.717, 1.165) is 5.69 Å². The van der Waals surface area contributed by atoms with Crippen LogP contribution in [0.2, 0.25) is 0 Å². The fraction of sp³-hybridized carbons (Fsp3) is 0.103. The summed E-state index contributed by atoms with van der Waals surface area (Å²) < 4.78 is 0. The van der Waals surface area contributed by atoms with Crippen molar-refractivity contribution in [2.45, 2.75) is 38.5 Å². The predicted octanol–water partition coefficient (Wildman–Crippen LogP) is 16.0. The zero-order valence-electron chi connectivity index (χ0n) is 33.8. The molecule has 1 heteroatoms. The third-order valence-corrected chi connectivity index (χ3v) is 13.8. The van der Waals surface area contributed by atoms with E-state index in [1.165, 1.54) is 110 Å². The zero-order chi connectivity index (χ0) is 39.6. The van der Waals surface area contributed by atoms with Crippen molar-refractivity contribution >= 4 is 60.2 Å². The SMILES string of the molecule is CC1(C)c2ccccc2-c2ccc(N(c3ccc4c5ccccc5c5ccccc5c4c3)c3cccc4c3C(C)(C)c3cccc5ccc(-c6ccccc6)c-4c35)cc21. The Morgan fingerprint density at radius 2 is 0.915 bits per heavy atom. The lowest BCUT2D eigenvalue weighted by atomic mass is 9.66. The Bertz CT molecular complexity index is 3350. The molecule has 10 aromatic carbocycles. The average Bonchev–Trinajstić information content (AvgIpc) is 3.51. The number of nitrogens with zero attached hydrogens (tertiary/aromatic N) is 1. The van der Waals surface area contributed by atoms with Crippen LogP contribution in [0.15, 0.2) is 188 Å². The molecule has 0 radical (unpaired) electrons. The van der Waals surface area contributed by atoms with Gasteiger partial charge in [-0.3, -0.25) is 0 Å². The fourth-order valence-corrected chi connectivity index (χ4v) is 11.1. The molecule has 0 fully saturated rings. The van der Waals surface area contributed by atoms with Gasteiger partial charge in [-0.05, 0) is 129 Å². The van der Waals surface area contributed by atoms with Crippen molar-refractivity contribution in [3.05, 3.63) is 210 Å². The van der Waals surface area contributed by atoms with Gasteiger partial charge < -0.3 is 4.90 Å². The average molecular weight is 754 g/mol. The van der Waals surface area contributed by atoms with Gasteiger partial charge in [-0.15, -0.1) is 0 Å². The lowest BCUT2D eigenvalue weighted by Crippen LogP contribution is -2.27. The van der Waals surface area contributed by atoms with Gasteiger partial charge in [0.05, 0.1) is 5.69 Å². The van der Waals surface area contributed by atoms with Crippen LogP contribution < -0.4 is 4.90 Å². The predicted molar refractivity (Wildman–Crippen MR) is 252 cm³/mol. The summed E-state index contributed by atoms with van der Waals surface area (Å²) >= 11 is 0. The molecule has 0 atom stereocenters. The molecular formula is C58H43N. The summed E-state index contributed by atoms with van der Waals surface area (Å²) in [5.74, 6) is 0. The van der Waals surface area contributed by atoms with E-state index in [2.05, 4.69) is 221 Å². The van der Waals surface area contributed by atoms with Crippen LogP contribution in [0.1, 0.15) is 49.9 Å². The van der Waals surface area contributed by atoms with Crippen molar-refractivity contribution in [2.75, 3.05) is 4.90 Å². The van der Waals surface area contributed by atoms with Crippen LogP contribution in [0.4, 0.5) is 17.1 Å². The molecule has 0 N–H and O–H groups in total. The molecule has 0 amide bonds. The summed E-state index contributed by atoms with van der Waals surface area (Å²) in [6, 6.07) is 70.6. The van der Waals surface area contributed by atoms with E-state index < -0.39 is 0 Å². The van der Waals surface area contributed by atoms with E-state index in [1.54, 1.807) is 0 Å². The minimum Gasteiger partial charge on any atom is -0.310 e. The van der Waals surface area contributed by atoms with Crippen LogP contribution in [0.5, 0.6) is 0 Å². The highest BCUT2D eigenvalue weighted by molar-refractivity contribution is 6.26. The lowest BCUT2D eigenvalue weighted by molar-refractivity contribution is 0.645. The second-order valence-electron chi connectivity index (χ2n) is 17.6. The van der Waals surface area contributed by atoms with Gasteiger partial charge in [0, 0.05) is 22.2 Å². The molecular weight excluding hydrogens is 711 g/mol. The topological polar surface area (TPSA) is 3.24 Å². The Balaban J connectivity index is 1.18. The molecule has 0 saturated carbocycles. The van der Waals surface area contributed by atoms with E-state index in [1.807, 2.05) is 0 Å². The molecule has 0 unspecified atom stereocenters. The van der Waals surface area contributed by atoms with Gasteiger partial charge in [0.2, 0.25) is 0 Å². The maximum Gasteiger partial charge on any atom is 0.0508 e. The number of benzene rings is 10. The van der Waals surface area contributed by atoms with Crippen LogP contribution >= 0.6 is 0 Å². The van der Waals surface area contributed by atoms with Gasteiger partial charge >= 0.3 is 0 Å². The minimum atomic E-state index is -0.308. The molecule has 0 aliphatic heterocycles. The number of anilines is 3. The van der Waals surface area contributed by atoms with Crippen molar-refractivity contribution in [1.82, 2.24) is 0 Å². The number of fused-ring (bicyclic) bond motifs is 11. The summed E-state index contributed by atoms with van der Waals surface area (Å²) in [6.45, 7) is 9.64. The van der Waals surface area contributed by atoms with Crippen molar-refractivity contribution in [1.29, 1.82) is 0 Å². The summed E-state index contributed by atoms with van der Waals surface area (Å²) in [5, 5.41) is 10.3. The van der Waals surface area contributed by atoms with E-state index in [-0.39, 0.29) is 10.8 Å². The van der Waals surface area contributed by atoms with E-state index >= 15 is 0 Å². The molecule has 0 saturated heterocycles. The van der Waals surface area contributed by atoms with Gasteiger partial charge in [-0.25, -0.2) is 0 Å². The first-order valence-corrected chi connectivity index (χ1v) is 20.9. The van der Waals surface area contributed by atoms with Crippen molar-refractivity contribution in [3.8, 4) is 33.4 Å². The molecule has 10 aromatic rings. The van der Waals surface area contributed by atoms with E-state index in [4.69, 9.17) is 0 Å². The number of rotatable bonds is 4. The summed E-state index contributed by atoms with van der Waals surface area (Å²) in [6.07, 6.45) is 0. The van der Waals surface area contributed by atoms with Gasteiger partial charge in [0.1, 0.15) is 0 Å². The van der Waals surface area contributed by atoms with Crippen LogP contribution in [0.25, 0.3) is 76.5 Å². The second kappa shape index (κ2) is 12.3. The molecule has 2 aliphatic rings. The molecule has 280 valence electrons. The van der Waals surface area contributed by atoms with Gasteiger partial charge in [0.25, 0.3) is 0 Å². The number of hydrogen-bond donors (Lipinski definition) is 0. The number of hydrogen-bond acceptors (Lipinski definition) is 1. The van der Waals surface area contributed by atoms with Crippen molar-refractivity contribution < 1.29 is 0 Å². The molecule has 59 heavy (non-hydrogen) atoms. The largest absolute Gasteiger partial charge is 0.310 e. The highest BCUT2D eigenvalue weighted by atomic mass is 15.1. The van der Waals surface area contributed by atoms with Crippen LogP contribution in [0, 0.1) is 0 Å². The Labute approximate surface area is 345 Å². The first-order valence-electron chi connectivity index (χ1n) is 20.9. The second-order valence-corrected chi connectivity index (χ2v) is 17.6. The first-order chi connectivity index (χ1) is 28.8. The first kappa shape index (κ1) is 34.1. The Morgan fingerprint density at radius 3 is 1.68 bits per heavy atom. The smallest absolute Gasteiger partial charge is 0.0508 e. The Morgan fingerprint density at radius 1 is 0.356 bits per heavy atom. The highest BCUT2D eigenvalue weighted by Gasteiger charge is 2.39. The minimum absolute atomic E-state index is 0.138. The Kier molecular flexibility index (Phi) is 7.10. The van der Waals surface area contributed by atoms with Gasteiger partial charge in [-0.1, -0.05) is 185 Å². The molecule has 0 aromatic heterocycles. The van der Waals surface area contributed by atoms with E-state index in [9.17, 15) is 0 Å². The third kappa shape index (κ3) is 4.73. The van der Waals surface area contributed by atoms with E-state index in [0.29, 0.717) is 0 Å². The quantitative estimate of drug-likeness (QED) is 0.162. The monoisotopic (exact) mass is 753 g/mol. The molecule has 0 heterocycles. The summed E-state index contributed by atoms with van der Waals surface area (Å²) in [4.78, 5) is 2.57. The highest BCUT2D eigenvalue weighted by Crippen LogP contribution is 2.57. The zero-order valence-corrected chi connectivity index (χ0v) is 33.8. The molecule has 0 spiro atoms. The third-order valence-electron chi connectivity index (χ3n) is 13.8.